The second kappa shape index (κ2) is 8.06. The number of nitro groups is 1. The summed E-state index contributed by atoms with van der Waals surface area (Å²) in [4.78, 5) is 9.05. The number of alkyl halides is 3. The predicted octanol–water partition coefficient (Wildman–Crippen LogP) is 4.77. The van der Waals surface area contributed by atoms with Gasteiger partial charge in [-0.05, 0) is 23.6 Å². The maximum Gasteiger partial charge on any atom is 0.406 e. The number of hydrogen-bond donors (Lipinski definition) is 1. The van der Waals surface area contributed by atoms with Crippen molar-refractivity contribution in [3.63, 3.8) is 0 Å². The summed E-state index contributed by atoms with van der Waals surface area (Å²) in [5, 5.41) is 11.0. The van der Waals surface area contributed by atoms with Gasteiger partial charge >= 0.3 is 6.18 Å². The van der Waals surface area contributed by atoms with Gasteiger partial charge in [-0.15, -0.1) is 0 Å². The van der Waals surface area contributed by atoms with Gasteiger partial charge in [-0.1, -0.05) is 41.4 Å². The molecule has 1 N–H and O–H groups in total. The molecule has 0 bridgehead atoms. The van der Waals surface area contributed by atoms with Crippen molar-refractivity contribution in [3.05, 3.63) is 68.8 Å². The number of benzene rings is 2. The molecule has 0 saturated heterocycles. The summed E-state index contributed by atoms with van der Waals surface area (Å²) in [6.45, 7) is -0.796. The molecule has 30 heavy (non-hydrogen) atoms. The maximum atomic E-state index is 13.7. The van der Waals surface area contributed by atoms with Crippen molar-refractivity contribution in [1.82, 2.24) is 9.29 Å². The monoisotopic (exact) mass is 481 g/mol. The molecule has 2 aromatic carbocycles. The van der Waals surface area contributed by atoms with Crippen LogP contribution in [0.15, 0.2) is 53.6 Å². The number of hydrogen-bond acceptors (Lipinski definition) is 4. The van der Waals surface area contributed by atoms with Crippen LogP contribution in [0.25, 0.3) is 10.9 Å². The fourth-order valence-electron chi connectivity index (χ4n) is 2.90. The third-order valence-electron chi connectivity index (χ3n) is 4.21. The van der Waals surface area contributed by atoms with Crippen molar-refractivity contribution in [1.29, 1.82) is 0 Å². The Kier molecular flexibility index (Phi) is 6.01. The van der Waals surface area contributed by atoms with Crippen molar-refractivity contribution >= 4 is 49.8 Å². The lowest BCUT2D eigenvalue weighted by Gasteiger charge is -2.23. The van der Waals surface area contributed by atoms with Crippen LogP contribution < -0.4 is 4.72 Å². The molecule has 0 radical (unpaired) electrons. The fraction of sp³-hybridized carbons (Fsp3) is 0.176. The molecule has 7 nitrogen and oxygen atoms in total. The van der Waals surface area contributed by atoms with E-state index in [0.717, 1.165) is 6.07 Å². The van der Waals surface area contributed by atoms with Crippen LogP contribution >= 0.6 is 23.2 Å². The minimum atomic E-state index is -5.04. The average Bonchev–Trinajstić information content (AvgIpc) is 3.02. The van der Waals surface area contributed by atoms with E-state index >= 15 is 0 Å². The Balaban J connectivity index is 2.03. The zero-order valence-electron chi connectivity index (χ0n) is 14.7. The first-order valence-electron chi connectivity index (χ1n) is 8.16. The second-order valence-electron chi connectivity index (χ2n) is 6.24. The van der Waals surface area contributed by atoms with Crippen LogP contribution in [0, 0.1) is 10.1 Å². The van der Waals surface area contributed by atoms with Crippen LogP contribution in [0.2, 0.25) is 10.0 Å². The lowest BCUT2D eigenvalue weighted by molar-refractivity contribution is -0.387. The molecule has 160 valence electrons. The zero-order valence-corrected chi connectivity index (χ0v) is 17.1. The first-order valence-corrected chi connectivity index (χ1v) is 10.4. The average molecular weight is 482 g/mol. The Morgan fingerprint density at radius 2 is 1.83 bits per heavy atom. The molecule has 13 heteroatoms. The van der Waals surface area contributed by atoms with Crippen LogP contribution in [0.1, 0.15) is 0 Å². The van der Waals surface area contributed by atoms with Gasteiger partial charge in [0.05, 0.1) is 9.95 Å². The largest absolute Gasteiger partial charge is 0.406 e. The molecular formula is C17H12Cl2F3N3O4S. The maximum absolute atomic E-state index is 13.7. The smallest absolute Gasteiger partial charge is 0.346 e. The van der Waals surface area contributed by atoms with Crippen LogP contribution in [0.3, 0.4) is 0 Å². The first kappa shape index (κ1) is 22.3. The number of nitro benzene ring substituents is 1. The Morgan fingerprint density at radius 1 is 1.17 bits per heavy atom. The molecule has 3 rings (SSSR count). The minimum absolute atomic E-state index is 0.239. The standard InChI is InChI=1S/C17H12Cl2F3N3O4S/c18-11-7-12(19)16(14(8-11)25(26)27)30(28,29)23-15(17(20,21)22)9-24-6-5-10-3-1-2-4-13(10)24/h1-8,15,23H,9H2. The minimum Gasteiger partial charge on any atom is -0.346 e. The highest BCUT2D eigenvalue weighted by molar-refractivity contribution is 7.89. The number of nitrogens with zero attached hydrogens (tertiary/aromatic N) is 2. The summed E-state index contributed by atoms with van der Waals surface area (Å²) in [6.07, 6.45) is -3.61. The van der Waals surface area contributed by atoms with Gasteiger partial charge < -0.3 is 4.57 Å². The van der Waals surface area contributed by atoms with Gasteiger partial charge in [0.2, 0.25) is 10.0 Å². The molecule has 0 aliphatic heterocycles. The molecule has 0 aliphatic carbocycles. The van der Waals surface area contributed by atoms with E-state index in [0.29, 0.717) is 17.0 Å². The highest BCUT2D eigenvalue weighted by atomic mass is 35.5. The Hall–Kier alpha value is -2.34. The van der Waals surface area contributed by atoms with E-state index in [1.165, 1.54) is 15.5 Å². The number of aromatic nitrogens is 1. The molecule has 1 unspecified atom stereocenters. The Bertz CT molecular complexity index is 1230. The van der Waals surface area contributed by atoms with E-state index in [1.54, 1.807) is 30.3 Å². The van der Waals surface area contributed by atoms with Crippen molar-refractivity contribution in [3.8, 4) is 0 Å². The van der Waals surface area contributed by atoms with Gasteiger partial charge in [0.25, 0.3) is 5.69 Å². The second-order valence-corrected chi connectivity index (χ2v) is 8.73. The van der Waals surface area contributed by atoms with Crippen molar-refractivity contribution in [2.24, 2.45) is 0 Å². The molecule has 0 spiro atoms. The van der Waals surface area contributed by atoms with E-state index in [9.17, 15) is 31.7 Å². The van der Waals surface area contributed by atoms with Gasteiger partial charge in [0, 0.05) is 29.3 Å². The molecular weight excluding hydrogens is 470 g/mol. The summed E-state index contributed by atoms with van der Waals surface area (Å²) < 4.78 is 69.1. The fourth-order valence-corrected chi connectivity index (χ4v) is 5.11. The Labute approximate surface area is 178 Å². The van der Waals surface area contributed by atoms with Gasteiger partial charge in [-0.2, -0.15) is 17.9 Å². The van der Waals surface area contributed by atoms with Crippen molar-refractivity contribution in [2.45, 2.75) is 23.7 Å². The van der Waals surface area contributed by atoms with E-state index in [2.05, 4.69) is 0 Å². The van der Waals surface area contributed by atoms with Crippen molar-refractivity contribution in [2.75, 3.05) is 0 Å². The van der Waals surface area contributed by atoms with Gasteiger partial charge in [-0.3, -0.25) is 10.1 Å². The summed E-state index contributed by atoms with van der Waals surface area (Å²) in [5.74, 6) is 0. The molecule has 0 aliphatic rings. The Morgan fingerprint density at radius 3 is 2.47 bits per heavy atom. The van der Waals surface area contributed by atoms with E-state index in [1.807, 2.05) is 0 Å². The third-order valence-corrected chi connectivity index (χ3v) is 6.40. The predicted molar refractivity (Wildman–Crippen MR) is 105 cm³/mol. The number of nitrogens with one attached hydrogen (secondary N) is 1. The third kappa shape index (κ3) is 4.53. The molecule has 1 heterocycles. The van der Waals surface area contributed by atoms with Crippen LogP contribution in [-0.2, 0) is 16.6 Å². The summed E-state index contributed by atoms with van der Waals surface area (Å²) in [5.41, 5.74) is -0.575. The first-order chi connectivity index (χ1) is 13.9. The number of para-hydroxylation sites is 1. The molecule has 1 atom stereocenters. The molecule has 0 fully saturated rings. The van der Waals surface area contributed by atoms with Crippen LogP contribution in [-0.4, -0.2) is 30.1 Å². The molecule has 1 aromatic heterocycles. The highest BCUT2D eigenvalue weighted by Gasteiger charge is 2.44. The number of fused-ring (bicyclic) bond motifs is 1. The normalized spacial score (nSPS) is 13.5. The highest BCUT2D eigenvalue weighted by Crippen LogP contribution is 2.35. The molecule has 3 aromatic rings. The van der Waals surface area contributed by atoms with E-state index < -0.39 is 49.3 Å². The van der Waals surface area contributed by atoms with Gasteiger partial charge in [0.1, 0.15) is 6.04 Å². The number of rotatable bonds is 6. The topological polar surface area (TPSA) is 94.2 Å². The van der Waals surface area contributed by atoms with Crippen molar-refractivity contribution < 1.29 is 26.5 Å². The van der Waals surface area contributed by atoms with E-state index in [-0.39, 0.29) is 5.02 Å². The number of halogens is 5. The summed E-state index contributed by atoms with van der Waals surface area (Å²) in [6, 6.07) is 7.20. The summed E-state index contributed by atoms with van der Waals surface area (Å²) >= 11 is 11.4. The van der Waals surface area contributed by atoms with Gasteiger partial charge in [-0.25, -0.2) is 8.42 Å². The zero-order chi connectivity index (χ0) is 22.3. The molecule has 0 amide bonds. The SMILES string of the molecule is O=[N+]([O-])c1cc(Cl)cc(Cl)c1S(=O)(=O)NC(Cn1ccc2ccccc21)C(F)(F)F. The molecule has 0 saturated carbocycles. The van der Waals surface area contributed by atoms with E-state index in [4.69, 9.17) is 23.2 Å². The van der Waals surface area contributed by atoms with Gasteiger partial charge in [0.15, 0.2) is 4.90 Å². The lowest BCUT2D eigenvalue weighted by Crippen LogP contribution is -2.48. The quantitative estimate of drug-likeness (QED) is 0.405. The number of sulfonamides is 1. The summed E-state index contributed by atoms with van der Waals surface area (Å²) in [7, 11) is -5.04. The van der Waals surface area contributed by atoms with Crippen LogP contribution in [0.4, 0.5) is 18.9 Å². The lowest BCUT2D eigenvalue weighted by atomic mass is 10.2. The van der Waals surface area contributed by atoms with Crippen LogP contribution in [0.5, 0.6) is 0 Å².